The van der Waals surface area contributed by atoms with Gasteiger partial charge in [0.25, 0.3) is 0 Å². The highest BCUT2D eigenvalue weighted by molar-refractivity contribution is 7.80. The molecule has 0 spiro atoms. The van der Waals surface area contributed by atoms with Gasteiger partial charge in [-0.05, 0) is 19.3 Å². The van der Waals surface area contributed by atoms with Gasteiger partial charge < -0.3 is 37.6 Å². The molecule has 178 valence electrons. The summed E-state index contributed by atoms with van der Waals surface area (Å²) in [5.41, 5.74) is 10.7. The van der Waals surface area contributed by atoms with Crippen molar-refractivity contribution >= 4 is 42.2 Å². The number of aliphatic hydroxyl groups excluding tert-OH is 1. The van der Waals surface area contributed by atoms with E-state index in [0.717, 1.165) is 0 Å². The van der Waals surface area contributed by atoms with Gasteiger partial charge in [-0.1, -0.05) is 20.3 Å². The number of carboxylic acids is 1. The predicted molar refractivity (Wildman–Crippen MR) is 115 cm³/mol. The number of hydrogen-bond acceptors (Lipinski definition) is 8. The molecule has 0 rings (SSSR count). The lowest BCUT2D eigenvalue weighted by atomic mass is 9.97. The summed E-state index contributed by atoms with van der Waals surface area (Å²) < 4.78 is 0. The molecule has 0 bridgehead atoms. The second-order valence-corrected chi connectivity index (χ2v) is 7.66. The first-order valence-electron chi connectivity index (χ1n) is 9.82. The monoisotopic (exact) mass is 463 g/mol. The lowest BCUT2D eigenvalue weighted by Gasteiger charge is -2.28. The third-order valence-electron chi connectivity index (χ3n) is 4.69. The minimum absolute atomic E-state index is 0.00407. The van der Waals surface area contributed by atoms with E-state index in [1.54, 1.807) is 13.8 Å². The van der Waals surface area contributed by atoms with E-state index in [-0.39, 0.29) is 24.5 Å². The third kappa shape index (κ3) is 9.98. The molecule has 0 saturated heterocycles. The number of nitrogens with one attached hydrogen (secondary N) is 3. The maximum absolute atomic E-state index is 12.7. The number of aliphatic carboxylic acids is 1. The number of hydrogen-bond donors (Lipinski definition) is 8. The summed E-state index contributed by atoms with van der Waals surface area (Å²) >= 11 is 4.04. The topological polar surface area (TPSA) is 214 Å². The quantitative estimate of drug-likeness (QED) is 0.128. The second kappa shape index (κ2) is 13.8. The highest BCUT2D eigenvalue weighted by atomic mass is 32.1. The fourth-order valence-corrected chi connectivity index (χ4v) is 2.75. The van der Waals surface area contributed by atoms with Crippen LogP contribution in [0.25, 0.3) is 0 Å². The van der Waals surface area contributed by atoms with E-state index in [0.29, 0.717) is 6.42 Å². The van der Waals surface area contributed by atoms with Gasteiger partial charge in [-0.25, -0.2) is 4.79 Å². The molecule has 6 atom stereocenters. The zero-order chi connectivity index (χ0) is 24.3. The molecule has 0 heterocycles. The summed E-state index contributed by atoms with van der Waals surface area (Å²) in [6.45, 7) is 4.66. The number of rotatable bonds is 14. The zero-order valence-electron chi connectivity index (χ0n) is 17.8. The lowest BCUT2D eigenvalue weighted by Crippen LogP contribution is -2.60. The smallest absolute Gasteiger partial charge is 0.328 e. The van der Waals surface area contributed by atoms with Crippen LogP contribution in [0, 0.1) is 5.92 Å². The number of nitrogens with two attached hydrogens (primary N) is 2. The maximum atomic E-state index is 12.7. The van der Waals surface area contributed by atoms with Crippen LogP contribution >= 0.6 is 12.6 Å². The summed E-state index contributed by atoms with van der Waals surface area (Å²) in [6, 6.07) is -4.89. The number of carboxylic acid groups (broad SMARTS) is 1. The molecule has 0 saturated carbocycles. The van der Waals surface area contributed by atoms with Gasteiger partial charge in [0.15, 0.2) is 6.04 Å². The average Bonchev–Trinajstić information content (AvgIpc) is 2.70. The van der Waals surface area contributed by atoms with Crippen molar-refractivity contribution in [3.05, 3.63) is 0 Å². The largest absolute Gasteiger partial charge is 0.480 e. The summed E-state index contributed by atoms with van der Waals surface area (Å²) in [5.74, 6) is -4.76. The van der Waals surface area contributed by atoms with Crippen LogP contribution in [0.2, 0.25) is 0 Å². The van der Waals surface area contributed by atoms with E-state index in [1.165, 1.54) is 6.92 Å². The van der Waals surface area contributed by atoms with Crippen molar-refractivity contribution in [3.8, 4) is 0 Å². The Morgan fingerprint density at radius 3 is 1.94 bits per heavy atom. The van der Waals surface area contributed by atoms with E-state index in [1.807, 2.05) is 0 Å². The van der Waals surface area contributed by atoms with Crippen molar-refractivity contribution in [1.82, 2.24) is 16.0 Å². The second-order valence-electron chi connectivity index (χ2n) is 7.29. The molecule has 0 aliphatic rings. The maximum Gasteiger partial charge on any atom is 0.328 e. The molecule has 0 aromatic carbocycles. The Morgan fingerprint density at radius 2 is 1.52 bits per heavy atom. The standard InChI is InChI=1S/C18H33N5O7S/c1-4-8(2)13(17(28)23-14(9(3)24)18(29)30)22-16(27)11(7-31)21-15(26)10(19)5-6-12(20)25/h8-11,13-14,24,31H,4-7,19H2,1-3H3,(H2,20,25)(H,21,26)(H,22,27)(H,23,28)(H,29,30). The fourth-order valence-electron chi connectivity index (χ4n) is 2.49. The van der Waals surface area contributed by atoms with Crippen LogP contribution in [-0.4, -0.2) is 75.8 Å². The molecule has 6 unspecified atom stereocenters. The number of primary amides is 1. The SMILES string of the molecule is CCC(C)C(NC(=O)C(CS)NC(=O)C(N)CCC(N)=O)C(=O)NC(C(=O)O)C(C)O. The Kier molecular flexibility index (Phi) is 12.8. The molecule has 13 heteroatoms. The first kappa shape index (κ1) is 28.6. The van der Waals surface area contributed by atoms with Gasteiger partial charge in [0, 0.05) is 12.2 Å². The molecular formula is C18H33N5O7S. The van der Waals surface area contributed by atoms with Crippen molar-refractivity contribution in [2.24, 2.45) is 17.4 Å². The predicted octanol–water partition coefficient (Wildman–Crippen LogP) is -2.53. The minimum atomic E-state index is -1.56. The lowest BCUT2D eigenvalue weighted by molar-refractivity contribution is -0.145. The van der Waals surface area contributed by atoms with Crippen LogP contribution in [0.1, 0.15) is 40.0 Å². The highest BCUT2D eigenvalue weighted by Gasteiger charge is 2.33. The van der Waals surface area contributed by atoms with Gasteiger partial charge in [-0.3, -0.25) is 19.2 Å². The van der Waals surface area contributed by atoms with Crippen LogP contribution < -0.4 is 27.4 Å². The fraction of sp³-hybridized carbons (Fsp3) is 0.722. The first-order valence-corrected chi connectivity index (χ1v) is 10.5. The zero-order valence-corrected chi connectivity index (χ0v) is 18.7. The molecule has 4 amide bonds. The van der Waals surface area contributed by atoms with Gasteiger partial charge in [-0.15, -0.1) is 0 Å². The Hall–Kier alpha value is -2.38. The Labute approximate surface area is 186 Å². The third-order valence-corrected chi connectivity index (χ3v) is 5.06. The highest BCUT2D eigenvalue weighted by Crippen LogP contribution is 2.10. The molecule has 0 aliphatic heterocycles. The number of carbonyl (C=O) groups excluding carboxylic acids is 4. The molecule has 0 aromatic rings. The summed E-state index contributed by atoms with van der Waals surface area (Å²) in [6.07, 6.45) is -0.992. The molecule has 0 aliphatic carbocycles. The average molecular weight is 464 g/mol. The van der Waals surface area contributed by atoms with Gasteiger partial charge in [0.05, 0.1) is 12.1 Å². The molecule has 31 heavy (non-hydrogen) atoms. The minimum Gasteiger partial charge on any atom is -0.480 e. The number of carbonyl (C=O) groups is 5. The summed E-state index contributed by atoms with van der Waals surface area (Å²) in [7, 11) is 0. The molecule has 0 aromatic heterocycles. The first-order chi connectivity index (χ1) is 14.3. The van der Waals surface area contributed by atoms with E-state index < -0.39 is 59.9 Å². The molecular weight excluding hydrogens is 430 g/mol. The molecule has 9 N–H and O–H groups in total. The van der Waals surface area contributed by atoms with Crippen molar-refractivity contribution in [2.75, 3.05) is 5.75 Å². The van der Waals surface area contributed by atoms with Gasteiger partial charge in [0.2, 0.25) is 23.6 Å². The van der Waals surface area contributed by atoms with Crippen LogP contribution in [-0.2, 0) is 24.0 Å². The van der Waals surface area contributed by atoms with E-state index in [4.69, 9.17) is 16.6 Å². The van der Waals surface area contributed by atoms with Crippen LogP contribution in [0.15, 0.2) is 0 Å². The van der Waals surface area contributed by atoms with Crippen LogP contribution in [0.3, 0.4) is 0 Å². The number of thiol groups is 1. The van der Waals surface area contributed by atoms with Crippen molar-refractivity contribution in [1.29, 1.82) is 0 Å². The van der Waals surface area contributed by atoms with Gasteiger partial charge >= 0.3 is 5.97 Å². The Balaban J connectivity index is 5.26. The van der Waals surface area contributed by atoms with Crippen molar-refractivity contribution < 1.29 is 34.2 Å². The molecule has 12 nitrogen and oxygen atoms in total. The van der Waals surface area contributed by atoms with E-state index in [2.05, 4.69) is 28.6 Å². The molecule has 0 fully saturated rings. The van der Waals surface area contributed by atoms with Crippen molar-refractivity contribution in [3.63, 3.8) is 0 Å². The summed E-state index contributed by atoms with van der Waals surface area (Å²) in [4.78, 5) is 59.5. The summed E-state index contributed by atoms with van der Waals surface area (Å²) in [5, 5.41) is 25.8. The van der Waals surface area contributed by atoms with Crippen molar-refractivity contribution in [2.45, 2.75) is 70.3 Å². The van der Waals surface area contributed by atoms with E-state index >= 15 is 0 Å². The van der Waals surface area contributed by atoms with Crippen LogP contribution in [0.5, 0.6) is 0 Å². The normalized spacial score (nSPS) is 16.7. The number of amides is 4. The molecule has 0 radical (unpaired) electrons. The van der Waals surface area contributed by atoms with Crippen LogP contribution in [0.4, 0.5) is 0 Å². The number of aliphatic hydroxyl groups is 1. The van der Waals surface area contributed by atoms with Gasteiger partial charge in [-0.2, -0.15) is 12.6 Å². The van der Waals surface area contributed by atoms with Gasteiger partial charge in [0.1, 0.15) is 12.1 Å². The van der Waals surface area contributed by atoms with E-state index in [9.17, 15) is 29.1 Å². The Bertz CT molecular complexity index is 661. The Morgan fingerprint density at radius 1 is 0.968 bits per heavy atom.